The van der Waals surface area contributed by atoms with Gasteiger partial charge >= 0.3 is 0 Å². The number of alkyl halides is 1. The van der Waals surface area contributed by atoms with Gasteiger partial charge in [-0.25, -0.2) is 0 Å². The van der Waals surface area contributed by atoms with Crippen LogP contribution in [-0.2, 0) is 0 Å². The predicted octanol–water partition coefficient (Wildman–Crippen LogP) is 2.94. The second-order valence-electron chi connectivity index (χ2n) is 2.25. The minimum absolute atomic E-state index is 0.0336. The third kappa shape index (κ3) is 2.35. The van der Waals surface area contributed by atoms with Crippen LogP contribution < -0.4 is 0 Å². The van der Waals surface area contributed by atoms with Crippen LogP contribution in [0.15, 0.2) is 37.1 Å². The molecule has 0 bridgehead atoms. The predicted molar refractivity (Wildman–Crippen MR) is 47.6 cm³/mol. The van der Waals surface area contributed by atoms with Crippen molar-refractivity contribution in [3.63, 3.8) is 0 Å². The van der Waals surface area contributed by atoms with Gasteiger partial charge in [0.15, 0.2) is 0 Å². The number of aromatic nitrogens is 1. The molecule has 1 nitrogen and oxygen atoms in total. The van der Waals surface area contributed by atoms with Crippen LogP contribution in [0.4, 0.5) is 0 Å². The van der Waals surface area contributed by atoms with Crippen molar-refractivity contribution in [2.24, 2.45) is 0 Å². The summed E-state index contributed by atoms with van der Waals surface area (Å²) in [5.74, 6) is 0. The van der Waals surface area contributed by atoms with Crippen LogP contribution in [0.3, 0.4) is 0 Å². The van der Waals surface area contributed by atoms with Crippen LogP contribution in [0.25, 0.3) is 0 Å². The molecule has 1 atom stereocenters. The van der Waals surface area contributed by atoms with E-state index < -0.39 is 0 Å². The highest BCUT2D eigenvalue weighted by Crippen LogP contribution is 2.21. The van der Waals surface area contributed by atoms with Crippen LogP contribution in [-0.4, -0.2) is 4.98 Å². The maximum Gasteiger partial charge on any atom is 0.0791 e. The van der Waals surface area contributed by atoms with Gasteiger partial charge in [0.1, 0.15) is 0 Å². The van der Waals surface area contributed by atoms with E-state index in [2.05, 4.69) is 11.6 Å². The SMILES string of the molecule is C=CCC(Cl)c1ccccn1. The van der Waals surface area contributed by atoms with E-state index in [4.69, 9.17) is 11.6 Å². The van der Waals surface area contributed by atoms with E-state index in [9.17, 15) is 0 Å². The number of pyridine rings is 1. The van der Waals surface area contributed by atoms with Gasteiger partial charge in [0.25, 0.3) is 0 Å². The fourth-order valence-corrected chi connectivity index (χ4v) is 1.08. The molecular weight excluding hydrogens is 158 g/mol. The van der Waals surface area contributed by atoms with E-state index in [-0.39, 0.29) is 5.38 Å². The fraction of sp³-hybridized carbons (Fsp3) is 0.222. The molecule has 0 N–H and O–H groups in total. The molecular formula is C9H10ClN. The summed E-state index contributed by atoms with van der Waals surface area (Å²) in [5, 5.41) is -0.0336. The zero-order valence-corrected chi connectivity index (χ0v) is 6.96. The van der Waals surface area contributed by atoms with Crippen LogP contribution in [0.1, 0.15) is 17.5 Å². The lowest BCUT2D eigenvalue weighted by Crippen LogP contribution is -1.90. The van der Waals surface area contributed by atoms with Crippen molar-refractivity contribution >= 4 is 11.6 Å². The Morgan fingerprint density at radius 2 is 2.45 bits per heavy atom. The van der Waals surface area contributed by atoms with E-state index >= 15 is 0 Å². The van der Waals surface area contributed by atoms with E-state index in [1.54, 1.807) is 12.3 Å². The van der Waals surface area contributed by atoms with Crippen molar-refractivity contribution in [2.45, 2.75) is 11.8 Å². The average Bonchev–Trinajstić information content (AvgIpc) is 2.07. The summed E-state index contributed by atoms with van der Waals surface area (Å²) >= 11 is 5.97. The molecule has 1 heterocycles. The largest absolute Gasteiger partial charge is 0.260 e. The molecule has 2 heteroatoms. The number of hydrogen-bond acceptors (Lipinski definition) is 1. The summed E-state index contributed by atoms with van der Waals surface area (Å²) in [5.41, 5.74) is 0.911. The van der Waals surface area contributed by atoms with E-state index in [1.807, 2.05) is 18.2 Å². The van der Waals surface area contributed by atoms with Crippen LogP contribution >= 0.6 is 11.6 Å². The summed E-state index contributed by atoms with van der Waals surface area (Å²) in [6.07, 6.45) is 4.30. The van der Waals surface area contributed by atoms with Crippen molar-refractivity contribution < 1.29 is 0 Å². The molecule has 0 spiro atoms. The first-order valence-corrected chi connectivity index (χ1v) is 3.94. The van der Waals surface area contributed by atoms with Gasteiger partial charge in [0, 0.05) is 6.20 Å². The molecule has 0 radical (unpaired) electrons. The fourth-order valence-electron chi connectivity index (χ4n) is 0.828. The smallest absolute Gasteiger partial charge is 0.0791 e. The topological polar surface area (TPSA) is 12.9 Å². The summed E-state index contributed by atoms with van der Waals surface area (Å²) in [6.45, 7) is 3.61. The highest BCUT2D eigenvalue weighted by atomic mass is 35.5. The van der Waals surface area contributed by atoms with Gasteiger partial charge in [-0.05, 0) is 18.6 Å². The summed E-state index contributed by atoms with van der Waals surface area (Å²) in [7, 11) is 0. The number of hydrogen-bond donors (Lipinski definition) is 0. The Morgan fingerprint density at radius 1 is 1.64 bits per heavy atom. The third-order valence-electron chi connectivity index (χ3n) is 1.38. The maximum absolute atomic E-state index is 5.97. The highest BCUT2D eigenvalue weighted by molar-refractivity contribution is 6.20. The molecule has 0 aliphatic carbocycles. The molecule has 0 saturated carbocycles. The van der Waals surface area contributed by atoms with E-state index in [0.29, 0.717) is 0 Å². The van der Waals surface area contributed by atoms with Crippen molar-refractivity contribution in [1.29, 1.82) is 0 Å². The lowest BCUT2D eigenvalue weighted by molar-refractivity contribution is 0.906. The second kappa shape index (κ2) is 4.14. The van der Waals surface area contributed by atoms with Crippen molar-refractivity contribution in [3.8, 4) is 0 Å². The first-order valence-electron chi connectivity index (χ1n) is 3.50. The Hall–Kier alpha value is -0.820. The van der Waals surface area contributed by atoms with Gasteiger partial charge in [0.05, 0.1) is 11.1 Å². The first kappa shape index (κ1) is 8.28. The quantitative estimate of drug-likeness (QED) is 0.498. The number of rotatable bonds is 3. The molecule has 0 aromatic carbocycles. The van der Waals surface area contributed by atoms with Crippen LogP contribution in [0.2, 0.25) is 0 Å². The van der Waals surface area contributed by atoms with E-state index in [0.717, 1.165) is 12.1 Å². The Balaban J connectivity index is 2.68. The molecule has 0 amide bonds. The molecule has 0 aliphatic rings. The third-order valence-corrected chi connectivity index (χ3v) is 1.78. The van der Waals surface area contributed by atoms with Crippen molar-refractivity contribution in [2.75, 3.05) is 0 Å². The lowest BCUT2D eigenvalue weighted by Gasteiger charge is -2.03. The molecule has 1 unspecified atom stereocenters. The first-order chi connectivity index (χ1) is 5.34. The summed E-state index contributed by atoms with van der Waals surface area (Å²) in [4.78, 5) is 4.12. The zero-order valence-electron chi connectivity index (χ0n) is 6.20. The maximum atomic E-state index is 5.97. The Morgan fingerprint density at radius 3 is 3.00 bits per heavy atom. The minimum Gasteiger partial charge on any atom is -0.260 e. The molecule has 11 heavy (non-hydrogen) atoms. The van der Waals surface area contributed by atoms with Gasteiger partial charge in [-0.15, -0.1) is 18.2 Å². The Labute approximate surface area is 71.7 Å². The molecule has 0 saturated heterocycles. The van der Waals surface area contributed by atoms with Gasteiger partial charge in [-0.2, -0.15) is 0 Å². The molecule has 0 fully saturated rings. The Kier molecular flexibility index (Phi) is 3.12. The number of allylic oxidation sites excluding steroid dienone is 1. The highest BCUT2D eigenvalue weighted by Gasteiger charge is 2.04. The molecule has 1 aromatic rings. The van der Waals surface area contributed by atoms with Crippen LogP contribution in [0.5, 0.6) is 0 Å². The summed E-state index contributed by atoms with van der Waals surface area (Å²) < 4.78 is 0. The standard InChI is InChI=1S/C9H10ClN/c1-2-5-8(10)9-6-3-4-7-11-9/h2-4,6-8H,1,5H2. The van der Waals surface area contributed by atoms with Crippen LogP contribution in [0, 0.1) is 0 Å². The number of nitrogens with zero attached hydrogens (tertiary/aromatic N) is 1. The van der Waals surface area contributed by atoms with Gasteiger partial charge in [-0.3, -0.25) is 4.98 Å². The van der Waals surface area contributed by atoms with Gasteiger partial charge in [0.2, 0.25) is 0 Å². The molecule has 0 aliphatic heterocycles. The average molecular weight is 168 g/mol. The molecule has 1 aromatic heterocycles. The Bertz CT molecular complexity index is 220. The van der Waals surface area contributed by atoms with Crippen molar-refractivity contribution in [3.05, 3.63) is 42.7 Å². The van der Waals surface area contributed by atoms with Gasteiger partial charge in [-0.1, -0.05) is 12.1 Å². The normalized spacial score (nSPS) is 12.5. The molecule has 58 valence electrons. The zero-order chi connectivity index (χ0) is 8.10. The lowest BCUT2D eigenvalue weighted by atomic mass is 10.2. The van der Waals surface area contributed by atoms with Crippen molar-refractivity contribution in [1.82, 2.24) is 4.98 Å². The van der Waals surface area contributed by atoms with E-state index in [1.165, 1.54) is 0 Å². The number of halogens is 1. The minimum atomic E-state index is -0.0336. The summed E-state index contributed by atoms with van der Waals surface area (Å²) in [6, 6.07) is 5.73. The molecule has 1 rings (SSSR count). The van der Waals surface area contributed by atoms with Gasteiger partial charge < -0.3 is 0 Å². The second-order valence-corrected chi connectivity index (χ2v) is 2.77. The monoisotopic (exact) mass is 167 g/mol.